The van der Waals surface area contributed by atoms with Crippen LogP contribution in [0.4, 0.5) is 0 Å². The number of halogens is 1. The number of nitrogens with two attached hydrogens (primary N) is 1. The van der Waals surface area contributed by atoms with Gasteiger partial charge in [0, 0.05) is 11.2 Å². The van der Waals surface area contributed by atoms with E-state index >= 15 is 0 Å². The average molecular weight is 199 g/mol. The van der Waals surface area contributed by atoms with Gasteiger partial charge in [0.25, 0.3) is 0 Å². The molecule has 1 aromatic rings. The van der Waals surface area contributed by atoms with Gasteiger partial charge in [-0.25, -0.2) is 4.98 Å². The fourth-order valence-corrected chi connectivity index (χ4v) is 1.22. The number of rotatable bonds is 3. The van der Waals surface area contributed by atoms with Crippen LogP contribution >= 0.6 is 11.6 Å². The van der Waals surface area contributed by atoms with Crippen molar-refractivity contribution in [3.05, 3.63) is 29.0 Å². The van der Waals surface area contributed by atoms with Crippen molar-refractivity contribution in [3.8, 4) is 0 Å². The van der Waals surface area contributed by atoms with Gasteiger partial charge >= 0.3 is 0 Å². The van der Waals surface area contributed by atoms with E-state index in [2.05, 4.69) is 4.98 Å². The smallest absolute Gasteiger partial charge is 0.129 e. The molecule has 13 heavy (non-hydrogen) atoms. The third kappa shape index (κ3) is 4.25. The van der Waals surface area contributed by atoms with E-state index in [1.165, 1.54) is 0 Å². The second kappa shape index (κ2) is 4.07. The lowest BCUT2D eigenvalue weighted by atomic mass is 9.99. The molecule has 1 aromatic heterocycles. The minimum atomic E-state index is -0.135. The maximum atomic E-state index is 5.86. The Morgan fingerprint density at radius 2 is 2.15 bits per heavy atom. The standard InChI is InChI=1S/C10H15ClN2/c1-10(2,12)7-6-8-4-3-5-9(11)13-8/h3-5H,6-7,12H2,1-2H3. The minimum Gasteiger partial charge on any atom is -0.326 e. The molecule has 0 spiro atoms. The predicted molar refractivity (Wildman–Crippen MR) is 55.8 cm³/mol. The Bertz CT molecular complexity index is 278. The zero-order chi connectivity index (χ0) is 9.90. The van der Waals surface area contributed by atoms with Crippen molar-refractivity contribution in [2.75, 3.05) is 0 Å². The van der Waals surface area contributed by atoms with Crippen molar-refractivity contribution < 1.29 is 0 Å². The molecule has 0 bridgehead atoms. The molecule has 72 valence electrons. The molecule has 0 unspecified atom stereocenters. The summed E-state index contributed by atoms with van der Waals surface area (Å²) in [5.74, 6) is 0. The Morgan fingerprint density at radius 1 is 1.46 bits per heavy atom. The summed E-state index contributed by atoms with van der Waals surface area (Å²) in [6.45, 7) is 4.02. The van der Waals surface area contributed by atoms with Crippen molar-refractivity contribution in [1.82, 2.24) is 4.98 Å². The van der Waals surface area contributed by atoms with E-state index in [4.69, 9.17) is 17.3 Å². The topological polar surface area (TPSA) is 38.9 Å². The minimum absolute atomic E-state index is 0.135. The molecular weight excluding hydrogens is 184 g/mol. The van der Waals surface area contributed by atoms with Gasteiger partial charge in [0.15, 0.2) is 0 Å². The first kappa shape index (κ1) is 10.5. The molecule has 1 rings (SSSR count). The summed E-state index contributed by atoms with van der Waals surface area (Å²) in [7, 11) is 0. The van der Waals surface area contributed by atoms with Crippen LogP contribution in [0.25, 0.3) is 0 Å². The Balaban J connectivity index is 2.55. The van der Waals surface area contributed by atoms with Crippen LogP contribution in [0.15, 0.2) is 18.2 Å². The first-order chi connectivity index (χ1) is 5.97. The Hall–Kier alpha value is -0.600. The molecule has 0 radical (unpaired) electrons. The number of hydrogen-bond acceptors (Lipinski definition) is 2. The van der Waals surface area contributed by atoms with Crippen LogP contribution in [0.1, 0.15) is 26.0 Å². The van der Waals surface area contributed by atoms with Gasteiger partial charge in [-0.3, -0.25) is 0 Å². The number of aryl methyl sites for hydroxylation is 1. The molecule has 3 heteroatoms. The fourth-order valence-electron chi connectivity index (χ4n) is 1.04. The lowest BCUT2D eigenvalue weighted by Gasteiger charge is -2.17. The molecule has 0 aliphatic heterocycles. The third-order valence-corrected chi connectivity index (χ3v) is 2.01. The van der Waals surface area contributed by atoms with Crippen LogP contribution in [-0.4, -0.2) is 10.5 Å². The summed E-state index contributed by atoms with van der Waals surface area (Å²) < 4.78 is 0. The van der Waals surface area contributed by atoms with Crippen LogP contribution in [0.3, 0.4) is 0 Å². The summed E-state index contributed by atoms with van der Waals surface area (Å²) in [6, 6.07) is 5.66. The molecule has 2 nitrogen and oxygen atoms in total. The largest absolute Gasteiger partial charge is 0.326 e. The maximum absolute atomic E-state index is 5.86. The van der Waals surface area contributed by atoms with Crippen molar-refractivity contribution in [1.29, 1.82) is 0 Å². The Kier molecular flexibility index (Phi) is 3.28. The fraction of sp³-hybridized carbons (Fsp3) is 0.500. The van der Waals surface area contributed by atoms with E-state index in [0.29, 0.717) is 5.15 Å². The quantitative estimate of drug-likeness (QED) is 0.758. The molecule has 0 aliphatic rings. The monoisotopic (exact) mass is 198 g/mol. The van der Waals surface area contributed by atoms with Crippen molar-refractivity contribution in [2.24, 2.45) is 5.73 Å². The highest BCUT2D eigenvalue weighted by molar-refractivity contribution is 6.29. The van der Waals surface area contributed by atoms with Gasteiger partial charge in [0.2, 0.25) is 0 Å². The van der Waals surface area contributed by atoms with E-state index in [1.807, 2.05) is 26.0 Å². The van der Waals surface area contributed by atoms with Crippen molar-refractivity contribution >= 4 is 11.6 Å². The SMILES string of the molecule is CC(C)(N)CCc1cccc(Cl)n1. The molecule has 0 saturated heterocycles. The maximum Gasteiger partial charge on any atom is 0.129 e. The van der Waals surface area contributed by atoms with E-state index < -0.39 is 0 Å². The molecule has 0 aromatic carbocycles. The van der Waals surface area contributed by atoms with Crippen molar-refractivity contribution in [2.45, 2.75) is 32.2 Å². The molecular formula is C10H15ClN2. The van der Waals surface area contributed by atoms with Crippen LogP contribution in [0.2, 0.25) is 5.15 Å². The van der Waals surface area contributed by atoms with Crippen LogP contribution in [-0.2, 0) is 6.42 Å². The second-order valence-electron chi connectivity index (χ2n) is 3.94. The molecule has 2 N–H and O–H groups in total. The van der Waals surface area contributed by atoms with Gasteiger partial charge < -0.3 is 5.73 Å². The summed E-state index contributed by atoms with van der Waals surface area (Å²) in [4.78, 5) is 4.19. The molecule has 0 atom stereocenters. The molecule has 1 heterocycles. The highest BCUT2D eigenvalue weighted by Gasteiger charge is 2.10. The molecule has 0 saturated carbocycles. The summed E-state index contributed by atoms with van der Waals surface area (Å²) in [5, 5.41) is 0.548. The van der Waals surface area contributed by atoms with Gasteiger partial charge in [-0.15, -0.1) is 0 Å². The van der Waals surface area contributed by atoms with Gasteiger partial charge in [-0.2, -0.15) is 0 Å². The Labute approximate surface area is 84.1 Å². The van der Waals surface area contributed by atoms with Gasteiger partial charge in [-0.1, -0.05) is 17.7 Å². The molecule has 0 aliphatic carbocycles. The Morgan fingerprint density at radius 3 is 2.69 bits per heavy atom. The average Bonchev–Trinajstić information content (AvgIpc) is 2.00. The highest BCUT2D eigenvalue weighted by atomic mass is 35.5. The van der Waals surface area contributed by atoms with E-state index in [9.17, 15) is 0 Å². The normalized spacial score (nSPS) is 11.7. The second-order valence-corrected chi connectivity index (χ2v) is 4.33. The van der Waals surface area contributed by atoms with Gasteiger partial charge in [0.05, 0.1) is 0 Å². The van der Waals surface area contributed by atoms with E-state index in [-0.39, 0.29) is 5.54 Å². The lowest BCUT2D eigenvalue weighted by Crippen LogP contribution is -2.32. The lowest BCUT2D eigenvalue weighted by molar-refractivity contribution is 0.474. The van der Waals surface area contributed by atoms with Gasteiger partial charge in [-0.05, 0) is 38.8 Å². The predicted octanol–water partition coefficient (Wildman–Crippen LogP) is 2.40. The number of nitrogens with zero attached hydrogens (tertiary/aromatic N) is 1. The molecule has 0 amide bonds. The first-order valence-electron chi connectivity index (χ1n) is 4.38. The van der Waals surface area contributed by atoms with E-state index in [0.717, 1.165) is 18.5 Å². The van der Waals surface area contributed by atoms with Crippen LogP contribution in [0, 0.1) is 0 Å². The first-order valence-corrected chi connectivity index (χ1v) is 4.75. The number of aromatic nitrogens is 1. The zero-order valence-electron chi connectivity index (χ0n) is 8.05. The number of pyridine rings is 1. The van der Waals surface area contributed by atoms with Crippen LogP contribution < -0.4 is 5.73 Å². The van der Waals surface area contributed by atoms with E-state index in [1.54, 1.807) is 6.07 Å². The molecule has 0 fully saturated rings. The van der Waals surface area contributed by atoms with Crippen LogP contribution in [0.5, 0.6) is 0 Å². The highest BCUT2D eigenvalue weighted by Crippen LogP contribution is 2.11. The summed E-state index contributed by atoms with van der Waals surface area (Å²) >= 11 is 5.75. The number of hydrogen-bond donors (Lipinski definition) is 1. The zero-order valence-corrected chi connectivity index (χ0v) is 8.80. The third-order valence-electron chi connectivity index (χ3n) is 1.80. The van der Waals surface area contributed by atoms with Gasteiger partial charge in [0.1, 0.15) is 5.15 Å². The summed E-state index contributed by atoms with van der Waals surface area (Å²) in [5.41, 5.74) is 6.73. The van der Waals surface area contributed by atoms with Crippen molar-refractivity contribution in [3.63, 3.8) is 0 Å². The summed E-state index contributed by atoms with van der Waals surface area (Å²) in [6.07, 6.45) is 1.80.